The predicted molar refractivity (Wildman–Crippen MR) is 81.9 cm³/mol. The van der Waals surface area contributed by atoms with Gasteiger partial charge in [0.1, 0.15) is 12.7 Å². The van der Waals surface area contributed by atoms with E-state index in [1.54, 1.807) is 6.07 Å². The minimum absolute atomic E-state index is 0.115. The highest BCUT2D eigenvalue weighted by atomic mass is 19.1. The molecule has 23 heavy (non-hydrogen) atoms. The highest BCUT2D eigenvalue weighted by molar-refractivity contribution is 5.89. The molecule has 0 aliphatic carbocycles. The number of amides is 1. The monoisotopic (exact) mass is 317 g/mol. The molecular weight excluding hydrogens is 301 g/mol. The van der Waals surface area contributed by atoms with Gasteiger partial charge in [0.15, 0.2) is 11.6 Å². The second kappa shape index (κ2) is 6.66. The van der Waals surface area contributed by atoms with Gasteiger partial charge in [0.25, 0.3) is 0 Å². The fraction of sp³-hybridized carbons (Fsp3) is 0.235. The second-order valence-corrected chi connectivity index (χ2v) is 5.19. The van der Waals surface area contributed by atoms with Crippen molar-refractivity contribution in [1.29, 1.82) is 0 Å². The highest BCUT2D eigenvalue weighted by Crippen LogP contribution is 2.27. The summed E-state index contributed by atoms with van der Waals surface area (Å²) in [5.41, 5.74) is 1.31. The summed E-state index contributed by atoms with van der Waals surface area (Å²) in [6, 6.07) is 13.7. The van der Waals surface area contributed by atoms with Gasteiger partial charge in [0.05, 0.1) is 18.8 Å². The van der Waals surface area contributed by atoms with Gasteiger partial charge >= 0.3 is 6.09 Å². The lowest BCUT2D eigenvalue weighted by Gasteiger charge is -2.14. The third kappa shape index (κ3) is 3.43. The van der Waals surface area contributed by atoms with Crippen LogP contribution in [0.2, 0.25) is 0 Å². The quantitative estimate of drug-likeness (QED) is 0.921. The molecule has 1 fully saturated rings. The van der Waals surface area contributed by atoms with E-state index in [4.69, 9.17) is 14.6 Å². The van der Waals surface area contributed by atoms with E-state index in [0.29, 0.717) is 5.69 Å². The maximum absolute atomic E-state index is 14.2. The number of benzene rings is 2. The lowest BCUT2D eigenvalue weighted by molar-refractivity contribution is 0.0963. The molecule has 0 radical (unpaired) electrons. The van der Waals surface area contributed by atoms with Crippen molar-refractivity contribution < 1.29 is 23.8 Å². The van der Waals surface area contributed by atoms with E-state index >= 15 is 0 Å². The smallest absolute Gasteiger partial charge is 0.414 e. The Morgan fingerprint density at radius 2 is 2.04 bits per heavy atom. The molecule has 1 N–H and O–H groups in total. The van der Waals surface area contributed by atoms with Crippen LogP contribution in [0.3, 0.4) is 0 Å². The summed E-state index contributed by atoms with van der Waals surface area (Å²) in [6.07, 6.45) is -1.18. The van der Waals surface area contributed by atoms with Gasteiger partial charge in [-0.15, -0.1) is 0 Å². The number of carbonyl (C=O) groups excluding carboxylic acids is 1. The predicted octanol–water partition coefficient (Wildman–Crippen LogP) is 2.72. The van der Waals surface area contributed by atoms with Gasteiger partial charge in [-0.2, -0.15) is 0 Å². The molecule has 0 bridgehead atoms. The Balaban J connectivity index is 1.70. The van der Waals surface area contributed by atoms with Crippen molar-refractivity contribution in [3.8, 4) is 5.75 Å². The normalized spacial score (nSPS) is 17.2. The second-order valence-electron chi connectivity index (χ2n) is 5.19. The van der Waals surface area contributed by atoms with Crippen LogP contribution in [0.15, 0.2) is 48.5 Å². The first-order chi connectivity index (χ1) is 11.2. The lowest BCUT2D eigenvalue weighted by atomic mass is 10.2. The summed E-state index contributed by atoms with van der Waals surface area (Å²) >= 11 is 0. The number of ether oxygens (including phenoxy) is 2. The molecule has 0 aromatic heterocycles. The molecule has 6 heteroatoms. The number of cyclic esters (lactones) is 1. The maximum Gasteiger partial charge on any atom is 0.414 e. The van der Waals surface area contributed by atoms with Gasteiger partial charge in [0, 0.05) is 6.07 Å². The summed E-state index contributed by atoms with van der Waals surface area (Å²) < 4.78 is 24.6. The van der Waals surface area contributed by atoms with Gasteiger partial charge in [-0.3, -0.25) is 4.90 Å². The molecule has 0 saturated carbocycles. The number of nitrogens with zero attached hydrogens (tertiary/aromatic N) is 1. The highest BCUT2D eigenvalue weighted by Gasteiger charge is 2.32. The molecule has 3 rings (SSSR count). The van der Waals surface area contributed by atoms with Crippen molar-refractivity contribution in [2.24, 2.45) is 0 Å². The first-order valence-corrected chi connectivity index (χ1v) is 7.22. The number of aliphatic hydroxyl groups is 1. The molecule has 1 aliphatic rings. The fourth-order valence-corrected chi connectivity index (χ4v) is 2.34. The zero-order valence-corrected chi connectivity index (χ0v) is 12.3. The van der Waals surface area contributed by atoms with Crippen LogP contribution in [-0.4, -0.2) is 30.5 Å². The molecule has 1 atom stereocenters. The Morgan fingerprint density at radius 3 is 2.70 bits per heavy atom. The van der Waals surface area contributed by atoms with Crippen molar-refractivity contribution in [1.82, 2.24) is 0 Å². The Bertz CT molecular complexity index is 692. The number of carbonyl (C=O) groups is 1. The van der Waals surface area contributed by atoms with E-state index in [1.165, 1.54) is 17.0 Å². The molecule has 1 saturated heterocycles. The molecule has 120 valence electrons. The first kappa shape index (κ1) is 15.3. The van der Waals surface area contributed by atoms with Gasteiger partial charge in [-0.25, -0.2) is 9.18 Å². The van der Waals surface area contributed by atoms with E-state index in [9.17, 15) is 9.18 Å². The van der Waals surface area contributed by atoms with Gasteiger partial charge in [-0.1, -0.05) is 30.3 Å². The van der Waals surface area contributed by atoms with E-state index in [2.05, 4.69) is 0 Å². The zero-order chi connectivity index (χ0) is 16.2. The summed E-state index contributed by atoms with van der Waals surface area (Å²) in [5.74, 6) is -0.442. The third-order valence-corrected chi connectivity index (χ3v) is 3.54. The van der Waals surface area contributed by atoms with Crippen molar-refractivity contribution in [3.63, 3.8) is 0 Å². The molecule has 2 aromatic rings. The van der Waals surface area contributed by atoms with Crippen LogP contribution in [0.1, 0.15) is 5.56 Å². The van der Waals surface area contributed by atoms with Crippen LogP contribution in [0.4, 0.5) is 14.9 Å². The number of hydrogen-bond donors (Lipinski definition) is 1. The number of hydrogen-bond acceptors (Lipinski definition) is 4. The van der Waals surface area contributed by atoms with Gasteiger partial charge < -0.3 is 14.6 Å². The Morgan fingerprint density at radius 1 is 1.26 bits per heavy atom. The van der Waals surface area contributed by atoms with E-state index in [0.717, 1.165) is 5.56 Å². The topological polar surface area (TPSA) is 59.0 Å². The number of aliphatic hydroxyl groups excluding tert-OH is 1. The summed E-state index contributed by atoms with van der Waals surface area (Å²) in [6.45, 7) is 0.192. The summed E-state index contributed by atoms with van der Waals surface area (Å²) in [5, 5.41) is 9.03. The fourth-order valence-electron chi connectivity index (χ4n) is 2.34. The van der Waals surface area contributed by atoms with Crippen LogP contribution in [0.5, 0.6) is 5.75 Å². The molecular formula is C17H16FNO4. The molecule has 5 nitrogen and oxygen atoms in total. The average Bonchev–Trinajstić information content (AvgIpc) is 2.96. The van der Waals surface area contributed by atoms with Crippen molar-refractivity contribution in [2.75, 3.05) is 18.1 Å². The minimum atomic E-state index is -0.596. The molecule has 2 aromatic carbocycles. The molecule has 1 heterocycles. The van der Waals surface area contributed by atoms with Crippen LogP contribution in [-0.2, 0) is 11.3 Å². The Labute approximate surface area is 132 Å². The first-order valence-electron chi connectivity index (χ1n) is 7.22. The number of halogens is 1. The molecule has 0 spiro atoms. The number of anilines is 1. The van der Waals surface area contributed by atoms with E-state index in [-0.39, 0.29) is 25.5 Å². The summed E-state index contributed by atoms with van der Waals surface area (Å²) in [7, 11) is 0. The van der Waals surface area contributed by atoms with Gasteiger partial charge in [0.2, 0.25) is 0 Å². The van der Waals surface area contributed by atoms with Crippen molar-refractivity contribution in [2.45, 2.75) is 12.7 Å². The molecule has 1 aliphatic heterocycles. The van der Waals surface area contributed by atoms with E-state index < -0.39 is 18.0 Å². The summed E-state index contributed by atoms with van der Waals surface area (Å²) in [4.78, 5) is 13.0. The zero-order valence-electron chi connectivity index (χ0n) is 12.3. The van der Waals surface area contributed by atoms with Crippen LogP contribution < -0.4 is 9.64 Å². The largest absolute Gasteiger partial charge is 0.486 e. The standard InChI is InChI=1S/C17H16FNO4/c18-15-8-13(19-9-14(10-20)23-17(19)21)6-7-16(15)22-11-12-4-2-1-3-5-12/h1-8,14,20H,9-11H2. The molecule has 1 amide bonds. The van der Waals surface area contributed by atoms with Crippen LogP contribution in [0, 0.1) is 5.82 Å². The maximum atomic E-state index is 14.2. The Kier molecular flexibility index (Phi) is 4.43. The van der Waals surface area contributed by atoms with Crippen LogP contribution in [0.25, 0.3) is 0 Å². The number of rotatable bonds is 5. The minimum Gasteiger partial charge on any atom is -0.486 e. The average molecular weight is 317 g/mol. The SMILES string of the molecule is O=C1OC(CO)CN1c1ccc(OCc2ccccc2)c(F)c1. The third-order valence-electron chi connectivity index (χ3n) is 3.54. The van der Waals surface area contributed by atoms with Gasteiger partial charge in [-0.05, 0) is 17.7 Å². The van der Waals surface area contributed by atoms with Crippen molar-refractivity contribution >= 4 is 11.8 Å². The van der Waals surface area contributed by atoms with Crippen molar-refractivity contribution in [3.05, 3.63) is 59.9 Å². The Hall–Kier alpha value is -2.60. The van der Waals surface area contributed by atoms with E-state index in [1.807, 2.05) is 30.3 Å². The lowest BCUT2D eigenvalue weighted by Crippen LogP contribution is -2.25. The van der Waals surface area contributed by atoms with Crippen LogP contribution >= 0.6 is 0 Å². The molecule has 1 unspecified atom stereocenters.